The summed E-state index contributed by atoms with van der Waals surface area (Å²) in [7, 11) is 1.91. The van der Waals surface area contributed by atoms with E-state index in [4.69, 9.17) is 10.2 Å². The molecule has 0 unspecified atom stereocenters. The number of rotatable bonds is 4. The molecule has 2 rings (SSSR count). The molecule has 0 aliphatic heterocycles. The molecule has 0 saturated carbocycles. The number of hydrogen-bond acceptors (Lipinski definition) is 4. The van der Waals surface area contributed by atoms with Crippen LogP contribution in [0.2, 0.25) is 0 Å². The van der Waals surface area contributed by atoms with E-state index in [0.29, 0.717) is 0 Å². The molecule has 0 aliphatic rings. The van der Waals surface area contributed by atoms with Crippen LogP contribution in [-0.4, -0.2) is 33.8 Å². The number of aromatic amines is 1. The number of imidazole rings is 1. The van der Waals surface area contributed by atoms with Gasteiger partial charge in [-0.2, -0.15) is 0 Å². The SMILES string of the molecule is CNCCc1ccc2nc(C(O)O)[nH]c2c1. The molecule has 4 N–H and O–H groups in total. The number of aliphatic hydroxyl groups is 2. The highest BCUT2D eigenvalue weighted by molar-refractivity contribution is 5.75. The monoisotopic (exact) mass is 221 g/mol. The Morgan fingerprint density at radius 2 is 2.25 bits per heavy atom. The van der Waals surface area contributed by atoms with Crippen LogP contribution in [0.4, 0.5) is 0 Å². The van der Waals surface area contributed by atoms with Crippen LogP contribution >= 0.6 is 0 Å². The molecule has 0 amide bonds. The van der Waals surface area contributed by atoms with Crippen LogP contribution in [0.3, 0.4) is 0 Å². The smallest absolute Gasteiger partial charge is 0.212 e. The van der Waals surface area contributed by atoms with E-state index in [2.05, 4.69) is 15.3 Å². The number of aromatic nitrogens is 2. The predicted molar refractivity (Wildman–Crippen MR) is 60.9 cm³/mol. The minimum Gasteiger partial charge on any atom is -0.362 e. The average molecular weight is 221 g/mol. The normalized spacial score (nSPS) is 11.5. The van der Waals surface area contributed by atoms with E-state index >= 15 is 0 Å². The van der Waals surface area contributed by atoms with Crippen molar-refractivity contribution in [3.63, 3.8) is 0 Å². The molecule has 5 heteroatoms. The van der Waals surface area contributed by atoms with Crippen LogP contribution in [-0.2, 0) is 6.42 Å². The topological polar surface area (TPSA) is 81.2 Å². The Morgan fingerprint density at radius 3 is 2.94 bits per heavy atom. The molecule has 1 heterocycles. The molecule has 16 heavy (non-hydrogen) atoms. The van der Waals surface area contributed by atoms with Crippen molar-refractivity contribution >= 4 is 11.0 Å². The van der Waals surface area contributed by atoms with Gasteiger partial charge in [-0.3, -0.25) is 0 Å². The second-order valence-corrected chi connectivity index (χ2v) is 3.70. The van der Waals surface area contributed by atoms with Crippen LogP contribution in [0.1, 0.15) is 17.7 Å². The molecule has 1 aromatic heterocycles. The van der Waals surface area contributed by atoms with Gasteiger partial charge in [0, 0.05) is 0 Å². The summed E-state index contributed by atoms with van der Waals surface area (Å²) in [6.07, 6.45) is -0.615. The summed E-state index contributed by atoms with van der Waals surface area (Å²) in [6.45, 7) is 0.912. The number of benzene rings is 1. The molecule has 0 atom stereocenters. The molecule has 0 saturated heterocycles. The van der Waals surface area contributed by atoms with Crippen LogP contribution in [0.15, 0.2) is 18.2 Å². The van der Waals surface area contributed by atoms with E-state index in [1.54, 1.807) is 0 Å². The highest BCUT2D eigenvalue weighted by Crippen LogP contribution is 2.16. The Bertz CT molecular complexity index is 479. The molecular weight excluding hydrogens is 206 g/mol. The van der Waals surface area contributed by atoms with Crippen molar-refractivity contribution in [1.29, 1.82) is 0 Å². The molecule has 86 valence electrons. The van der Waals surface area contributed by atoms with Gasteiger partial charge in [0.25, 0.3) is 0 Å². The first-order valence-electron chi connectivity index (χ1n) is 5.20. The van der Waals surface area contributed by atoms with Crippen LogP contribution in [0.5, 0.6) is 0 Å². The van der Waals surface area contributed by atoms with Crippen molar-refractivity contribution in [3.8, 4) is 0 Å². The van der Waals surface area contributed by atoms with Gasteiger partial charge in [0.1, 0.15) is 0 Å². The Hall–Kier alpha value is -1.43. The summed E-state index contributed by atoms with van der Waals surface area (Å²) < 4.78 is 0. The van der Waals surface area contributed by atoms with E-state index in [1.807, 2.05) is 25.2 Å². The molecule has 1 aromatic carbocycles. The number of fused-ring (bicyclic) bond motifs is 1. The van der Waals surface area contributed by atoms with Gasteiger partial charge in [-0.1, -0.05) is 6.07 Å². The third-order valence-corrected chi connectivity index (χ3v) is 2.47. The number of H-pyrrole nitrogens is 1. The minimum absolute atomic E-state index is 0.181. The first-order valence-corrected chi connectivity index (χ1v) is 5.20. The van der Waals surface area contributed by atoms with Crippen molar-refractivity contribution in [2.24, 2.45) is 0 Å². The third kappa shape index (κ3) is 2.21. The number of nitrogens with one attached hydrogen (secondary N) is 2. The average Bonchev–Trinajstić information content (AvgIpc) is 2.69. The van der Waals surface area contributed by atoms with Gasteiger partial charge in [-0.15, -0.1) is 0 Å². The molecule has 0 radical (unpaired) electrons. The van der Waals surface area contributed by atoms with Crippen LogP contribution in [0, 0.1) is 0 Å². The van der Waals surface area contributed by atoms with E-state index in [-0.39, 0.29) is 5.82 Å². The summed E-state index contributed by atoms with van der Waals surface area (Å²) in [5.41, 5.74) is 2.76. The lowest BCUT2D eigenvalue weighted by Gasteiger charge is -1.99. The van der Waals surface area contributed by atoms with Crippen molar-refractivity contribution in [2.75, 3.05) is 13.6 Å². The first-order chi connectivity index (χ1) is 7.70. The Kier molecular flexibility index (Phi) is 3.19. The molecule has 2 aromatic rings. The predicted octanol–water partition coefficient (Wildman–Crippen LogP) is 0.308. The summed E-state index contributed by atoms with van der Waals surface area (Å²) in [5, 5.41) is 21.1. The zero-order valence-electron chi connectivity index (χ0n) is 9.07. The van der Waals surface area contributed by atoms with Gasteiger partial charge >= 0.3 is 0 Å². The van der Waals surface area contributed by atoms with Gasteiger partial charge in [-0.25, -0.2) is 4.98 Å². The zero-order chi connectivity index (χ0) is 11.5. The lowest BCUT2D eigenvalue weighted by atomic mass is 10.1. The number of likely N-dealkylation sites (N-methyl/N-ethyl adjacent to an activating group) is 1. The van der Waals surface area contributed by atoms with E-state index in [1.165, 1.54) is 5.56 Å². The lowest BCUT2D eigenvalue weighted by Crippen LogP contribution is -2.10. The Morgan fingerprint density at radius 1 is 1.44 bits per heavy atom. The summed E-state index contributed by atoms with van der Waals surface area (Å²) in [4.78, 5) is 6.94. The van der Waals surface area contributed by atoms with Crippen molar-refractivity contribution in [2.45, 2.75) is 12.7 Å². The second-order valence-electron chi connectivity index (χ2n) is 3.70. The van der Waals surface area contributed by atoms with Crippen LogP contribution in [0.25, 0.3) is 11.0 Å². The second kappa shape index (κ2) is 4.61. The number of nitrogens with zero attached hydrogens (tertiary/aromatic N) is 1. The van der Waals surface area contributed by atoms with Gasteiger partial charge < -0.3 is 20.5 Å². The number of aliphatic hydroxyl groups excluding tert-OH is 1. The summed E-state index contributed by atoms with van der Waals surface area (Å²) in [5.74, 6) is 0.181. The molecule has 0 aliphatic carbocycles. The van der Waals surface area contributed by atoms with Crippen molar-refractivity contribution < 1.29 is 10.2 Å². The Balaban J connectivity index is 2.30. The van der Waals surface area contributed by atoms with E-state index in [9.17, 15) is 0 Å². The summed E-state index contributed by atoms with van der Waals surface area (Å²) in [6, 6.07) is 5.85. The summed E-state index contributed by atoms with van der Waals surface area (Å²) >= 11 is 0. The minimum atomic E-state index is -1.55. The van der Waals surface area contributed by atoms with E-state index < -0.39 is 6.29 Å². The van der Waals surface area contributed by atoms with Gasteiger partial charge in [-0.05, 0) is 37.7 Å². The third-order valence-electron chi connectivity index (χ3n) is 2.47. The maximum absolute atomic E-state index is 8.99. The van der Waals surface area contributed by atoms with Gasteiger partial charge in [0.05, 0.1) is 11.0 Å². The van der Waals surface area contributed by atoms with Crippen LogP contribution < -0.4 is 5.32 Å². The maximum atomic E-state index is 8.99. The number of hydrogen-bond donors (Lipinski definition) is 4. The maximum Gasteiger partial charge on any atom is 0.212 e. The molecular formula is C11H15N3O2. The standard InChI is InChI=1S/C11H15N3O2/c1-12-5-4-7-2-3-8-9(6-7)14-10(13-8)11(15)16/h2-3,6,11-12,15-16H,4-5H2,1H3,(H,13,14). The Labute approximate surface area is 93.1 Å². The zero-order valence-corrected chi connectivity index (χ0v) is 9.07. The van der Waals surface area contributed by atoms with Gasteiger partial charge in [0.15, 0.2) is 5.82 Å². The largest absolute Gasteiger partial charge is 0.362 e. The van der Waals surface area contributed by atoms with Crippen molar-refractivity contribution in [3.05, 3.63) is 29.6 Å². The molecule has 0 spiro atoms. The first kappa shape index (κ1) is 11.1. The highest BCUT2D eigenvalue weighted by atomic mass is 16.5. The van der Waals surface area contributed by atoms with E-state index in [0.717, 1.165) is 24.0 Å². The fraction of sp³-hybridized carbons (Fsp3) is 0.364. The van der Waals surface area contributed by atoms with Gasteiger partial charge in [0.2, 0.25) is 6.29 Å². The fourth-order valence-electron chi connectivity index (χ4n) is 1.62. The molecule has 5 nitrogen and oxygen atoms in total. The molecule has 0 bridgehead atoms. The fourth-order valence-corrected chi connectivity index (χ4v) is 1.62. The quantitative estimate of drug-likeness (QED) is 0.560. The molecule has 0 fully saturated rings. The highest BCUT2D eigenvalue weighted by Gasteiger charge is 2.08. The van der Waals surface area contributed by atoms with Crippen molar-refractivity contribution in [1.82, 2.24) is 15.3 Å². The lowest BCUT2D eigenvalue weighted by molar-refractivity contribution is -0.0486.